The lowest BCUT2D eigenvalue weighted by molar-refractivity contribution is 0.132. The van der Waals surface area contributed by atoms with Crippen molar-refractivity contribution < 1.29 is 4.42 Å². The third-order valence-electron chi connectivity index (χ3n) is 4.19. The maximum Gasteiger partial charge on any atom is 0.226 e. The van der Waals surface area contributed by atoms with Gasteiger partial charge in [0, 0.05) is 18.2 Å². The molecule has 0 bridgehead atoms. The predicted octanol–water partition coefficient (Wildman–Crippen LogP) is 3.04. The van der Waals surface area contributed by atoms with Crippen molar-refractivity contribution in [2.24, 2.45) is 5.73 Å². The monoisotopic (exact) mass is 285 g/mol. The SMILES string of the molecule is NCCC1CCCCN1Cc1coc(-c2ccccc2)n1. The Labute approximate surface area is 126 Å². The molecule has 0 radical (unpaired) electrons. The Morgan fingerprint density at radius 3 is 2.90 bits per heavy atom. The molecule has 1 saturated heterocycles. The highest BCUT2D eigenvalue weighted by atomic mass is 16.3. The molecule has 2 heterocycles. The number of rotatable bonds is 5. The number of hydrogen-bond donors (Lipinski definition) is 1. The molecular formula is C17H23N3O. The average Bonchev–Trinajstić information content (AvgIpc) is 2.99. The van der Waals surface area contributed by atoms with Gasteiger partial charge in [0.2, 0.25) is 5.89 Å². The number of likely N-dealkylation sites (tertiary alicyclic amines) is 1. The first-order chi connectivity index (χ1) is 10.4. The minimum absolute atomic E-state index is 0.598. The second kappa shape index (κ2) is 6.87. The Morgan fingerprint density at radius 1 is 1.24 bits per heavy atom. The molecule has 2 aromatic rings. The van der Waals surface area contributed by atoms with Gasteiger partial charge in [-0.05, 0) is 44.5 Å². The van der Waals surface area contributed by atoms with E-state index in [-0.39, 0.29) is 0 Å². The predicted molar refractivity (Wildman–Crippen MR) is 83.7 cm³/mol. The summed E-state index contributed by atoms with van der Waals surface area (Å²) in [4.78, 5) is 7.13. The number of nitrogens with two attached hydrogens (primary N) is 1. The molecule has 21 heavy (non-hydrogen) atoms. The minimum Gasteiger partial charge on any atom is -0.444 e. The van der Waals surface area contributed by atoms with Crippen molar-refractivity contribution >= 4 is 0 Å². The first kappa shape index (κ1) is 14.3. The van der Waals surface area contributed by atoms with E-state index in [4.69, 9.17) is 10.2 Å². The molecule has 0 spiro atoms. The zero-order valence-corrected chi connectivity index (χ0v) is 12.4. The fraction of sp³-hybridized carbons (Fsp3) is 0.471. The lowest BCUT2D eigenvalue weighted by Gasteiger charge is -2.35. The van der Waals surface area contributed by atoms with Crippen LogP contribution in [0.1, 0.15) is 31.4 Å². The first-order valence-corrected chi connectivity index (χ1v) is 7.81. The summed E-state index contributed by atoms with van der Waals surface area (Å²) in [5.41, 5.74) is 7.77. The van der Waals surface area contributed by atoms with Crippen LogP contribution >= 0.6 is 0 Å². The number of hydrogen-bond acceptors (Lipinski definition) is 4. The number of nitrogens with zero attached hydrogens (tertiary/aromatic N) is 2. The van der Waals surface area contributed by atoms with Crippen molar-refractivity contribution in [1.29, 1.82) is 0 Å². The van der Waals surface area contributed by atoms with Crippen molar-refractivity contribution in [3.8, 4) is 11.5 Å². The van der Waals surface area contributed by atoms with Gasteiger partial charge >= 0.3 is 0 Å². The summed E-state index contributed by atoms with van der Waals surface area (Å²) in [6, 6.07) is 10.6. The van der Waals surface area contributed by atoms with E-state index in [9.17, 15) is 0 Å². The second-order valence-corrected chi connectivity index (χ2v) is 5.71. The van der Waals surface area contributed by atoms with E-state index < -0.39 is 0 Å². The third-order valence-corrected chi connectivity index (χ3v) is 4.19. The van der Waals surface area contributed by atoms with Crippen molar-refractivity contribution in [1.82, 2.24) is 9.88 Å². The van der Waals surface area contributed by atoms with Gasteiger partial charge in [-0.3, -0.25) is 4.90 Å². The van der Waals surface area contributed by atoms with Crippen LogP contribution < -0.4 is 5.73 Å². The van der Waals surface area contributed by atoms with Crippen LogP contribution in [0.4, 0.5) is 0 Å². The fourth-order valence-corrected chi connectivity index (χ4v) is 3.09. The highest BCUT2D eigenvalue weighted by molar-refractivity contribution is 5.52. The van der Waals surface area contributed by atoms with Gasteiger partial charge in [0.15, 0.2) is 0 Å². The van der Waals surface area contributed by atoms with Gasteiger partial charge in [-0.15, -0.1) is 0 Å². The molecule has 1 unspecified atom stereocenters. The van der Waals surface area contributed by atoms with E-state index in [1.165, 1.54) is 19.3 Å². The Morgan fingerprint density at radius 2 is 2.10 bits per heavy atom. The minimum atomic E-state index is 0.598. The van der Waals surface area contributed by atoms with Crippen LogP contribution in [-0.2, 0) is 6.54 Å². The lowest BCUT2D eigenvalue weighted by Crippen LogP contribution is -2.40. The van der Waals surface area contributed by atoms with Gasteiger partial charge in [0.05, 0.1) is 5.69 Å². The molecule has 3 rings (SSSR count). The van der Waals surface area contributed by atoms with Gasteiger partial charge in [0.25, 0.3) is 0 Å². The summed E-state index contributed by atoms with van der Waals surface area (Å²) in [6.45, 7) is 2.76. The molecule has 0 saturated carbocycles. The highest BCUT2D eigenvalue weighted by Gasteiger charge is 2.22. The summed E-state index contributed by atoms with van der Waals surface area (Å²) < 4.78 is 5.62. The van der Waals surface area contributed by atoms with Gasteiger partial charge in [0.1, 0.15) is 6.26 Å². The molecule has 1 aromatic carbocycles. The number of piperidine rings is 1. The second-order valence-electron chi connectivity index (χ2n) is 5.71. The number of aromatic nitrogens is 1. The van der Waals surface area contributed by atoms with Crippen LogP contribution in [0.25, 0.3) is 11.5 Å². The Bertz CT molecular complexity index is 550. The molecule has 0 aliphatic carbocycles. The van der Waals surface area contributed by atoms with Gasteiger partial charge in [-0.2, -0.15) is 0 Å². The van der Waals surface area contributed by atoms with Crippen molar-refractivity contribution in [3.63, 3.8) is 0 Å². The number of oxazole rings is 1. The molecule has 1 atom stereocenters. The maximum atomic E-state index is 5.73. The average molecular weight is 285 g/mol. The lowest BCUT2D eigenvalue weighted by atomic mass is 9.99. The fourth-order valence-electron chi connectivity index (χ4n) is 3.09. The Kier molecular flexibility index (Phi) is 4.68. The van der Waals surface area contributed by atoms with Crippen LogP contribution in [-0.4, -0.2) is 29.0 Å². The van der Waals surface area contributed by atoms with E-state index in [1.807, 2.05) is 30.3 Å². The van der Waals surface area contributed by atoms with Crippen LogP contribution in [0.3, 0.4) is 0 Å². The summed E-state index contributed by atoms with van der Waals surface area (Å²) in [5.74, 6) is 0.706. The molecule has 0 amide bonds. The van der Waals surface area contributed by atoms with E-state index in [1.54, 1.807) is 6.26 Å². The summed E-state index contributed by atoms with van der Waals surface area (Å²) >= 11 is 0. The molecule has 1 aliphatic rings. The van der Waals surface area contributed by atoms with Crippen LogP contribution in [0.15, 0.2) is 41.0 Å². The zero-order chi connectivity index (χ0) is 14.5. The molecule has 1 aliphatic heterocycles. The number of benzene rings is 1. The Hall–Kier alpha value is -1.65. The largest absolute Gasteiger partial charge is 0.444 e. The van der Waals surface area contributed by atoms with Crippen LogP contribution in [0.2, 0.25) is 0 Å². The normalized spacial score (nSPS) is 19.8. The quantitative estimate of drug-likeness (QED) is 0.917. The van der Waals surface area contributed by atoms with Gasteiger partial charge in [-0.25, -0.2) is 4.98 Å². The molecule has 4 nitrogen and oxygen atoms in total. The van der Waals surface area contributed by atoms with Gasteiger partial charge in [-0.1, -0.05) is 24.6 Å². The highest BCUT2D eigenvalue weighted by Crippen LogP contribution is 2.23. The molecule has 1 aromatic heterocycles. The summed E-state index contributed by atoms with van der Waals surface area (Å²) in [7, 11) is 0. The van der Waals surface area contributed by atoms with E-state index in [0.29, 0.717) is 11.9 Å². The van der Waals surface area contributed by atoms with Crippen LogP contribution in [0.5, 0.6) is 0 Å². The van der Waals surface area contributed by atoms with Crippen LogP contribution in [0, 0.1) is 0 Å². The smallest absolute Gasteiger partial charge is 0.226 e. The summed E-state index contributed by atoms with van der Waals surface area (Å²) in [6.07, 6.45) is 6.69. The topological polar surface area (TPSA) is 55.3 Å². The third kappa shape index (κ3) is 3.52. The van der Waals surface area contributed by atoms with Crippen molar-refractivity contribution in [2.45, 2.75) is 38.3 Å². The standard InChI is InChI=1S/C17H23N3O/c18-10-9-16-8-4-5-11-20(16)12-15-13-21-17(19-15)14-6-2-1-3-7-14/h1-3,6-7,13,16H,4-5,8-12,18H2. The maximum absolute atomic E-state index is 5.73. The molecule has 4 heteroatoms. The molecule has 2 N–H and O–H groups in total. The molecular weight excluding hydrogens is 262 g/mol. The van der Waals surface area contributed by atoms with Crippen molar-refractivity contribution in [2.75, 3.05) is 13.1 Å². The molecule has 1 fully saturated rings. The Balaban J connectivity index is 1.69. The summed E-state index contributed by atoms with van der Waals surface area (Å²) in [5, 5.41) is 0. The van der Waals surface area contributed by atoms with E-state index in [0.717, 1.165) is 37.3 Å². The molecule has 112 valence electrons. The van der Waals surface area contributed by atoms with Crippen molar-refractivity contribution in [3.05, 3.63) is 42.3 Å². The van der Waals surface area contributed by atoms with E-state index in [2.05, 4.69) is 9.88 Å². The van der Waals surface area contributed by atoms with Gasteiger partial charge < -0.3 is 10.2 Å². The first-order valence-electron chi connectivity index (χ1n) is 7.81. The zero-order valence-electron chi connectivity index (χ0n) is 12.4. The van der Waals surface area contributed by atoms with E-state index >= 15 is 0 Å².